The van der Waals surface area contributed by atoms with Crippen LogP contribution in [0.25, 0.3) is 32.9 Å². The van der Waals surface area contributed by atoms with Crippen LogP contribution in [-0.2, 0) is 0 Å². The van der Waals surface area contributed by atoms with Crippen molar-refractivity contribution >= 4 is 27.8 Å². The smallest absolute Gasteiger partial charge is 0.335 e. The van der Waals surface area contributed by atoms with E-state index in [1.165, 1.54) is 0 Å². The molecule has 0 unspecified atom stereocenters. The zero-order chi connectivity index (χ0) is 15.8. The van der Waals surface area contributed by atoms with E-state index in [0.717, 1.165) is 32.9 Å². The van der Waals surface area contributed by atoms with Crippen LogP contribution in [0, 0.1) is 0 Å². The van der Waals surface area contributed by atoms with E-state index >= 15 is 0 Å². The fourth-order valence-electron chi connectivity index (χ4n) is 2.93. The molecular formula is C20H13NO2. The Morgan fingerprint density at radius 2 is 1.26 bits per heavy atom. The molecule has 0 saturated carbocycles. The van der Waals surface area contributed by atoms with Gasteiger partial charge in [0.15, 0.2) is 0 Å². The summed E-state index contributed by atoms with van der Waals surface area (Å²) in [6, 6.07) is 23.0. The maximum Gasteiger partial charge on any atom is 0.335 e. The maximum atomic E-state index is 11.1. The number of aromatic nitrogens is 1. The second-order valence-electron chi connectivity index (χ2n) is 5.40. The van der Waals surface area contributed by atoms with Crippen molar-refractivity contribution < 1.29 is 9.90 Å². The quantitative estimate of drug-likeness (QED) is 0.543. The van der Waals surface area contributed by atoms with Crippen LogP contribution in [-0.4, -0.2) is 16.1 Å². The van der Waals surface area contributed by atoms with Gasteiger partial charge >= 0.3 is 5.97 Å². The lowest BCUT2D eigenvalue weighted by Gasteiger charge is -2.11. The van der Waals surface area contributed by atoms with Gasteiger partial charge in [0.25, 0.3) is 0 Å². The standard InChI is InChI=1S/C20H13NO2/c22-20(23)14-11-9-13(10-12-14)19-15-5-1-3-7-17(15)21-18-8-4-2-6-16(18)19/h1-12H,(H,22,23). The molecule has 4 rings (SSSR count). The summed E-state index contributed by atoms with van der Waals surface area (Å²) in [5.41, 5.74) is 4.23. The van der Waals surface area contributed by atoms with Crippen LogP contribution in [0.5, 0.6) is 0 Å². The van der Waals surface area contributed by atoms with Crippen LogP contribution >= 0.6 is 0 Å². The van der Waals surface area contributed by atoms with Gasteiger partial charge in [-0.1, -0.05) is 48.5 Å². The Morgan fingerprint density at radius 1 is 0.739 bits per heavy atom. The van der Waals surface area contributed by atoms with Gasteiger partial charge < -0.3 is 5.11 Å². The van der Waals surface area contributed by atoms with Crippen molar-refractivity contribution in [3.05, 3.63) is 78.4 Å². The van der Waals surface area contributed by atoms with Crippen molar-refractivity contribution in [2.45, 2.75) is 0 Å². The summed E-state index contributed by atoms with van der Waals surface area (Å²) in [5.74, 6) is -0.916. The predicted molar refractivity (Wildman–Crippen MR) is 91.6 cm³/mol. The first kappa shape index (κ1) is 13.5. The van der Waals surface area contributed by atoms with Crippen molar-refractivity contribution in [2.24, 2.45) is 0 Å². The molecule has 0 fully saturated rings. The van der Waals surface area contributed by atoms with Crippen LogP contribution in [0.15, 0.2) is 72.8 Å². The summed E-state index contributed by atoms with van der Waals surface area (Å²) in [5, 5.41) is 11.2. The molecule has 0 amide bonds. The van der Waals surface area contributed by atoms with E-state index in [-0.39, 0.29) is 5.56 Å². The Bertz CT molecular complexity index is 982. The summed E-state index contributed by atoms with van der Waals surface area (Å²) in [6.07, 6.45) is 0. The monoisotopic (exact) mass is 299 g/mol. The molecule has 4 aromatic rings. The molecule has 0 aliphatic rings. The fraction of sp³-hybridized carbons (Fsp3) is 0. The molecule has 3 nitrogen and oxygen atoms in total. The molecule has 0 radical (unpaired) electrons. The molecule has 110 valence electrons. The molecule has 3 heteroatoms. The van der Waals surface area contributed by atoms with Gasteiger partial charge in [-0.2, -0.15) is 0 Å². The average molecular weight is 299 g/mol. The second kappa shape index (κ2) is 5.21. The highest BCUT2D eigenvalue weighted by Crippen LogP contribution is 2.34. The van der Waals surface area contributed by atoms with Gasteiger partial charge in [-0.25, -0.2) is 9.78 Å². The number of benzene rings is 3. The van der Waals surface area contributed by atoms with Crippen molar-refractivity contribution in [2.75, 3.05) is 0 Å². The highest BCUT2D eigenvalue weighted by molar-refractivity contribution is 6.09. The number of para-hydroxylation sites is 2. The molecule has 1 heterocycles. The zero-order valence-corrected chi connectivity index (χ0v) is 12.2. The minimum absolute atomic E-state index is 0.288. The molecule has 0 aliphatic carbocycles. The summed E-state index contributed by atoms with van der Waals surface area (Å²) in [6.45, 7) is 0. The predicted octanol–water partition coefficient (Wildman–Crippen LogP) is 4.75. The number of pyridine rings is 1. The highest BCUT2D eigenvalue weighted by Gasteiger charge is 2.11. The van der Waals surface area contributed by atoms with Gasteiger partial charge in [-0.05, 0) is 29.8 Å². The lowest BCUT2D eigenvalue weighted by Crippen LogP contribution is -1.95. The van der Waals surface area contributed by atoms with E-state index in [4.69, 9.17) is 10.1 Å². The molecule has 3 aromatic carbocycles. The molecule has 1 N–H and O–H groups in total. The number of nitrogens with zero attached hydrogens (tertiary/aromatic N) is 1. The number of carbonyl (C=O) groups is 1. The van der Waals surface area contributed by atoms with Crippen molar-refractivity contribution in [1.82, 2.24) is 4.98 Å². The molecule has 1 aromatic heterocycles. The van der Waals surface area contributed by atoms with E-state index in [9.17, 15) is 4.79 Å². The first-order chi connectivity index (χ1) is 11.2. The Hall–Kier alpha value is -3.20. The molecule has 0 saturated heterocycles. The third-order valence-electron chi connectivity index (χ3n) is 4.01. The SMILES string of the molecule is O=C(O)c1ccc(-c2c3ccccc3nc3ccccc23)cc1. The van der Waals surface area contributed by atoms with Crippen LogP contribution in [0.4, 0.5) is 0 Å². The third-order valence-corrected chi connectivity index (χ3v) is 4.01. The average Bonchev–Trinajstić information content (AvgIpc) is 2.59. The van der Waals surface area contributed by atoms with E-state index in [1.807, 2.05) is 48.5 Å². The van der Waals surface area contributed by atoms with Crippen molar-refractivity contribution in [3.63, 3.8) is 0 Å². The first-order valence-electron chi connectivity index (χ1n) is 7.35. The first-order valence-corrected chi connectivity index (χ1v) is 7.35. The Balaban J connectivity index is 2.08. The van der Waals surface area contributed by atoms with E-state index in [1.54, 1.807) is 12.1 Å². The Morgan fingerprint density at radius 3 is 1.78 bits per heavy atom. The third kappa shape index (κ3) is 2.23. The number of carboxylic acid groups (broad SMARTS) is 1. The summed E-state index contributed by atoms with van der Waals surface area (Å²) in [4.78, 5) is 15.8. The van der Waals surface area contributed by atoms with E-state index < -0.39 is 5.97 Å². The van der Waals surface area contributed by atoms with Crippen LogP contribution in [0.3, 0.4) is 0 Å². The minimum Gasteiger partial charge on any atom is -0.478 e. The molecule has 0 spiro atoms. The number of carboxylic acids is 1. The van der Waals surface area contributed by atoms with Gasteiger partial charge in [-0.15, -0.1) is 0 Å². The van der Waals surface area contributed by atoms with Gasteiger partial charge in [0.2, 0.25) is 0 Å². The van der Waals surface area contributed by atoms with Gasteiger partial charge in [0, 0.05) is 16.3 Å². The number of rotatable bonds is 2. The molecule has 23 heavy (non-hydrogen) atoms. The second-order valence-corrected chi connectivity index (χ2v) is 5.40. The topological polar surface area (TPSA) is 50.2 Å². The Labute approximate surface area is 132 Å². The van der Waals surface area contributed by atoms with E-state index in [2.05, 4.69) is 12.1 Å². The van der Waals surface area contributed by atoms with Crippen LogP contribution < -0.4 is 0 Å². The number of aromatic carboxylic acids is 1. The van der Waals surface area contributed by atoms with Gasteiger partial charge in [0.05, 0.1) is 16.6 Å². The van der Waals surface area contributed by atoms with Gasteiger partial charge in [0.1, 0.15) is 0 Å². The highest BCUT2D eigenvalue weighted by atomic mass is 16.4. The number of hydrogen-bond donors (Lipinski definition) is 1. The summed E-state index contributed by atoms with van der Waals surface area (Å²) < 4.78 is 0. The zero-order valence-electron chi connectivity index (χ0n) is 12.2. The van der Waals surface area contributed by atoms with Crippen LogP contribution in [0.2, 0.25) is 0 Å². The summed E-state index contributed by atoms with van der Waals surface area (Å²) in [7, 11) is 0. The lowest BCUT2D eigenvalue weighted by atomic mass is 9.95. The van der Waals surface area contributed by atoms with Gasteiger partial charge in [-0.3, -0.25) is 0 Å². The normalized spacial score (nSPS) is 11.0. The summed E-state index contributed by atoms with van der Waals surface area (Å²) >= 11 is 0. The fourth-order valence-corrected chi connectivity index (χ4v) is 2.93. The van der Waals surface area contributed by atoms with Crippen molar-refractivity contribution in [3.8, 4) is 11.1 Å². The Kier molecular flexibility index (Phi) is 3.05. The van der Waals surface area contributed by atoms with Crippen LogP contribution in [0.1, 0.15) is 10.4 Å². The lowest BCUT2D eigenvalue weighted by molar-refractivity contribution is 0.0697. The van der Waals surface area contributed by atoms with Crippen molar-refractivity contribution in [1.29, 1.82) is 0 Å². The number of hydrogen-bond acceptors (Lipinski definition) is 2. The largest absolute Gasteiger partial charge is 0.478 e. The van der Waals surface area contributed by atoms with E-state index in [0.29, 0.717) is 0 Å². The molecule has 0 aliphatic heterocycles. The maximum absolute atomic E-state index is 11.1. The molecular weight excluding hydrogens is 286 g/mol. The minimum atomic E-state index is -0.916. The molecule has 0 bridgehead atoms. The number of fused-ring (bicyclic) bond motifs is 2. The molecule has 0 atom stereocenters.